The summed E-state index contributed by atoms with van der Waals surface area (Å²) >= 11 is 0. The second kappa shape index (κ2) is 3.84. The Morgan fingerprint density at radius 2 is 2.33 bits per heavy atom. The molecule has 0 saturated heterocycles. The fourth-order valence-electron chi connectivity index (χ4n) is 1.74. The van der Waals surface area contributed by atoms with Crippen LogP contribution in [0.25, 0.3) is 0 Å². The number of hydrogen-bond acceptors (Lipinski definition) is 4. The van der Waals surface area contributed by atoms with Gasteiger partial charge in [0.2, 0.25) is 0 Å². The molecule has 1 atom stereocenters. The van der Waals surface area contributed by atoms with E-state index in [0.29, 0.717) is 6.42 Å². The van der Waals surface area contributed by atoms with E-state index in [1.807, 2.05) is 18.5 Å². The van der Waals surface area contributed by atoms with Crippen LogP contribution in [-0.4, -0.2) is 20.5 Å². The van der Waals surface area contributed by atoms with Crippen LogP contribution in [0.3, 0.4) is 0 Å². The summed E-state index contributed by atoms with van der Waals surface area (Å²) in [6, 6.07) is 0.0784. The van der Waals surface area contributed by atoms with Gasteiger partial charge in [0, 0.05) is 25.2 Å². The van der Waals surface area contributed by atoms with Crippen molar-refractivity contribution < 1.29 is 4.79 Å². The summed E-state index contributed by atoms with van der Waals surface area (Å²) in [6.07, 6.45) is 4.77. The summed E-state index contributed by atoms with van der Waals surface area (Å²) in [4.78, 5) is 11.0. The lowest BCUT2D eigenvalue weighted by molar-refractivity contribution is -0.114. The number of hydrogen-bond donors (Lipinski definition) is 1. The van der Waals surface area contributed by atoms with Crippen molar-refractivity contribution in [3.63, 3.8) is 0 Å². The lowest BCUT2D eigenvalue weighted by atomic mass is 10.2. The average Bonchev–Trinajstić information content (AvgIpc) is 2.75. The topological polar surface area (TPSA) is 59.8 Å². The number of allylic oxidation sites excluding steroid dienone is 2. The lowest BCUT2D eigenvalue weighted by Crippen LogP contribution is -2.20. The molecular weight excluding hydrogens is 192 g/mol. The van der Waals surface area contributed by atoms with Gasteiger partial charge in [-0.1, -0.05) is 0 Å². The SMILES string of the molecule is CC(NC1=CC(=O)CC1)c1nncn1C. The minimum atomic E-state index is 0.0784. The van der Waals surface area contributed by atoms with Gasteiger partial charge in [0.15, 0.2) is 11.6 Å². The van der Waals surface area contributed by atoms with Crippen molar-refractivity contribution in [2.24, 2.45) is 7.05 Å². The Balaban J connectivity index is 2.04. The Morgan fingerprint density at radius 1 is 1.53 bits per heavy atom. The van der Waals surface area contributed by atoms with Gasteiger partial charge >= 0.3 is 0 Å². The molecular formula is C10H14N4O. The van der Waals surface area contributed by atoms with E-state index in [0.717, 1.165) is 17.9 Å². The van der Waals surface area contributed by atoms with E-state index in [2.05, 4.69) is 15.5 Å². The van der Waals surface area contributed by atoms with E-state index >= 15 is 0 Å². The zero-order valence-corrected chi connectivity index (χ0v) is 8.90. The summed E-state index contributed by atoms with van der Waals surface area (Å²) in [5.41, 5.74) is 0.996. The van der Waals surface area contributed by atoms with Crippen molar-refractivity contribution in [2.45, 2.75) is 25.8 Å². The van der Waals surface area contributed by atoms with Gasteiger partial charge in [0.05, 0.1) is 6.04 Å². The van der Waals surface area contributed by atoms with Crippen molar-refractivity contribution >= 4 is 5.78 Å². The molecule has 1 aliphatic carbocycles. The van der Waals surface area contributed by atoms with Gasteiger partial charge in [0.1, 0.15) is 6.33 Å². The van der Waals surface area contributed by atoms with Crippen molar-refractivity contribution in [2.75, 3.05) is 0 Å². The number of nitrogens with one attached hydrogen (secondary N) is 1. The third-order valence-electron chi connectivity index (χ3n) is 2.51. The molecule has 1 aromatic heterocycles. The molecule has 5 heteroatoms. The van der Waals surface area contributed by atoms with Crippen LogP contribution in [0.5, 0.6) is 0 Å². The summed E-state index contributed by atoms with van der Waals surface area (Å²) < 4.78 is 1.87. The second-order valence-corrected chi connectivity index (χ2v) is 3.80. The van der Waals surface area contributed by atoms with E-state index in [1.165, 1.54) is 0 Å². The number of carbonyl (C=O) groups is 1. The average molecular weight is 206 g/mol. The van der Waals surface area contributed by atoms with E-state index in [1.54, 1.807) is 12.4 Å². The molecule has 0 aliphatic heterocycles. The molecule has 80 valence electrons. The van der Waals surface area contributed by atoms with E-state index in [9.17, 15) is 4.79 Å². The highest BCUT2D eigenvalue weighted by Crippen LogP contribution is 2.17. The molecule has 2 rings (SSSR count). The molecule has 1 heterocycles. The second-order valence-electron chi connectivity index (χ2n) is 3.80. The Labute approximate surface area is 88.2 Å². The summed E-state index contributed by atoms with van der Waals surface area (Å²) in [5.74, 6) is 1.07. The molecule has 1 aliphatic rings. The Morgan fingerprint density at radius 3 is 2.87 bits per heavy atom. The highest BCUT2D eigenvalue weighted by molar-refractivity contribution is 5.92. The maximum absolute atomic E-state index is 11.0. The highest BCUT2D eigenvalue weighted by atomic mass is 16.1. The van der Waals surface area contributed by atoms with Crippen LogP contribution in [0.2, 0.25) is 0 Å². The van der Waals surface area contributed by atoms with E-state index in [-0.39, 0.29) is 11.8 Å². The lowest BCUT2D eigenvalue weighted by Gasteiger charge is -2.14. The molecule has 0 bridgehead atoms. The standard InChI is InChI=1S/C10H14N4O/c1-7(10-13-11-6-14(10)2)12-8-3-4-9(15)5-8/h5-7,12H,3-4H2,1-2H3. The first-order chi connectivity index (χ1) is 7.16. The number of carbonyl (C=O) groups excluding carboxylic acids is 1. The Bertz CT molecular complexity index is 407. The first-order valence-electron chi connectivity index (χ1n) is 5.00. The molecule has 0 aromatic carbocycles. The Kier molecular flexibility index (Phi) is 2.53. The van der Waals surface area contributed by atoms with Crippen LogP contribution in [0.15, 0.2) is 18.1 Å². The maximum Gasteiger partial charge on any atom is 0.157 e. The van der Waals surface area contributed by atoms with Crippen LogP contribution < -0.4 is 5.32 Å². The van der Waals surface area contributed by atoms with Crippen LogP contribution in [-0.2, 0) is 11.8 Å². The molecule has 1 unspecified atom stereocenters. The normalized spacial score (nSPS) is 17.7. The van der Waals surface area contributed by atoms with Gasteiger partial charge in [-0.15, -0.1) is 10.2 Å². The van der Waals surface area contributed by atoms with Crippen LogP contribution in [0, 0.1) is 0 Å². The third kappa shape index (κ3) is 2.06. The summed E-state index contributed by atoms with van der Waals surface area (Å²) in [5, 5.41) is 11.1. The van der Waals surface area contributed by atoms with Gasteiger partial charge in [0.25, 0.3) is 0 Å². The Hall–Kier alpha value is -1.65. The van der Waals surface area contributed by atoms with Crippen LogP contribution >= 0.6 is 0 Å². The van der Waals surface area contributed by atoms with Crippen molar-refractivity contribution in [1.29, 1.82) is 0 Å². The van der Waals surface area contributed by atoms with Crippen LogP contribution in [0.4, 0.5) is 0 Å². The first-order valence-corrected chi connectivity index (χ1v) is 5.00. The van der Waals surface area contributed by atoms with Gasteiger partial charge < -0.3 is 9.88 Å². The quantitative estimate of drug-likeness (QED) is 0.791. The molecule has 0 fully saturated rings. The number of rotatable bonds is 3. The first kappa shape index (κ1) is 9.89. The summed E-state index contributed by atoms with van der Waals surface area (Å²) in [6.45, 7) is 2.01. The number of nitrogens with zero attached hydrogens (tertiary/aromatic N) is 3. The molecule has 0 amide bonds. The molecule has 1 aromatic rings. The fraction of sp³-hybridized carbons (Fsp3) is 0.500. The third-order valence-corrected chi connectivity index (χ3v) is 2.51. The predicted molar refractivity (Wildman–Crippen MR) is 54.9 cm³/mol. The van der Waals surface area contributed by atoms with Crippen molar-refractivity contribution in [3.05, 3.63) is 23.9 Å². The molecule has 15 heavy (non-hydrogen) atoms. The van der Waals surface area contributed by atoms with E-state index < -0.39 is 0 Å². The van der Waals surface area contributed by atoms with Crippen molar-refractivity contribution in [3.8, 4) is 0 Å². The van der Waals surface area contributed by atoms with Gasteiger partial charge in [-0.3, -0.25) is 4.79 Å². The molecule has 0 spiro atoms. The minimum Gasteiger partial charge on any atom is -0.379 e. The smallest absolute Gasteiger partial charge is 0.157 e. The molecule has 5 nitrogen and oxygen atoms in total. The predicted octanol–water partition coefficient (Wildman–Crippen LogP) is 0.712. The number of ketones is 1. The zero-order chi connectivity index (χ0) is 10.8. The molecule has 0 radical (unpaired) electrons. The maximum atomic E-state index is 11.0. The highest BCUT2D eigenvalue weighted by Gasteiger charge is 2.16. The fourth-order valence-corrected chi connectivity index (χ4v) is 1.74. The molecule has 0 saturated carbocycles. The molecule has 1 N–H and O–H groups in total. The van der Waals surface area contributed by atoms with Gasteiger partial charge in [-0.2, -0.15) is 0 Å². The summed E-state index contributed by atoms with van der Waals surface area (Å²) in [7, 11) is 1.90. The largest absolute Gasteiger partial charge is 0.379 e. The zero-order valence-electron chi connectivity index (χ0n) is 8.90. The minimum absolute atomic E-state index is 0.0784. The van der Waals surface area contributed by atoms with Gasteiger partial charge in [-0.05, 0) is 13.3 Å². The van der Waals surface area contributed by atoms with Crippen molar-refractivity contribution in [1.82, 2.24) is 20.1 Å². The van der Waals surface area contributed by atoms with Crippen LogP contribution in [0.1, 0.15) is 31.6 Å². The van der Waals surface area contributed by atoms with Gasteiger partial charge in [-0.25, -0.2) is 0 Å². The number of aryl methyl sites for hydroxylation is 1. The monoisotopic (exact) mass is 206 g/mol. The number of aromatic nitrogens is 3. The van der Waals surface area contributed by atoms with E-state index in [4.69, 9.17) is 0 Å².